The topological polar surface area (TPSA) is 70.9 Å². The van der Waals surface area contributed by atoms with Gasteiger partial charge < -0.3 is 14.5 Å². The second-order valence-corrected chi connectivity index (χ2v) is 7.15. The number of allylic oxidation sites excluding steroid dienone is 1. The van der Waals surface area contributed by atoms with Crippen molar-refractivity contribution in [2.45, 2.75) is 20.8 Å². The van der Waals surface area contributed by atoms with Crippen molar-refractivity contribution in [2.24, 2.45) is 5.92 Å². The molecule has 0 atom stereocenters. The number of nitriles is 1. The van der Waals surface area contributed by atoms with Crippen molar-refractivity contribution >= 4 is 34.3 Å². The molecule has 0 unspecified atom stereocenters. The van der Waals surface area contributed by atoms with E-state index in [0.29, 0.717) is 47.1 Å². The molecule has 0 spiro atoms. The van der Waals surface area contributed by atoms with Crippen molar-refractivity contribution in [3.05, 3.63) is 52.8 Å². The second kappa shape index (κ2) is 8.81. The van der Waals surface area contributed by atoms with Crippen LogP contribution in [-0.2, 0) is 0 Å². The molecule has 0 aliphatic rings. The van der Waals surface area contributed by atoms with Crippen molar-refractivity contribution in [3.63, 3.8) is 0 Å². The van der Waals surface area contributed by atoms with Gasteiger partial charge in [-0.1, -0.05) is 37.6 Å². The fraction of sp³-hybridized carbons (Fsp3) is 0.273. The molecule has 144 valence electrons. The van der Waals surface area contributed by atoms with Crippen molar-refractivity contribution in [1.29, 1.82) is 5.26 Å². The first-order valence-electron chi connectivity index (χ1n) is 9.17. The van der Waals surface area contributed by atoms with Crippen molar-refractivity contribution in [2.75, 3.05) is 13.2 Å². The molecule has 1 heterocycles. The number of fused-ring (bicyclic) bond motifs is 1. The summed E-state index contributed by atoms with van der Waals surface area (Å²) in [5, 5.41) is 10.1. The van der Waals surface area contributed by atoms with E-state index in [9.17, 15) is 5.26 Å². The van der Waals surface area contributed by atoms with Gasteiger partial charge in [-0.05, 0) is 48.7 Å². The van der Waals surface area contributed by atoms with Crippen LogP contribution in [0.5, 0.6) is 11.5 Å². The minimum absolute atomic E-state index is 0.364. The summed E-state index contributed by atoms with van der Waals surface area (Å²) in [6, 6.07) is 13.4. The number of nitrogens with zero attached hydrogens (tertiary/aromatic N) is 2. The van der Waals surface area contributed by atoms with Crippen LogP contribution in [0, 0.1) is 17.2 Å². The average molecular weight is 396 g/mol. The molecule has 3 aromatic rings. The number of hydrogen-bond donors (Lipinski definition) is 1. The molecule has 0 saturated carbocycles. The summed E-state index contributed by atoms with van der Waals surface area (Å²) in [4.78, 5) is 7.67. The number of ether oxygens (including phenoxy) is 2. The van der Waals surface area contributed by atoms with Crippen molar-refractivity contribution in [3.8, 4) is 17.6 Å². The molecule has 0 fully saturated rings. The number of halogens is 1. The summed E-state index contributed by atoms with van der Waals surface area (Å²) in [6.45, 7) is 7.06. The average Bonchev–Trinajstić information content (AvgIpc) is 3.09. The summed E-state index contributed by atoms with van der Waals surface area (Å²) >= 11 is 6.45. The molecule has 0 aliphatic heterocycles. The zero-order valence-corrected chi connectivity index (χ0v) is 16.9. The van der Waals surface area contributed by atoms with Gasteiger partial charge in [0.1, 0.15) is 11.9 Å². The van der Waals surface area contributed by atoms with E-state index >= 15 is 0 Å². The zero-order chi connectivity index (χ0) is 20.1. The van der Waals surface area contributed by atoms with E-state index in [1.54, 1.807) is 12.1 Å². The molecule has 2 aromatic carbocycles. The van der Waals surface area contributed by atoms with Crippen LogP contribution in [0.4, 0.5) is 0 Å². The number of para-hydroxylation sites is 2. The van der Waals surface area contributed by atoms with Gasteiger partial charge in [-0.25, -0.2) is 4.98 Å². The molecule has 1 N–H and O–H groups in total. The molecule has 5 nitrogen and oxygen atoms in total. The number of aromatic amines is 1. The molecule has 0 bridgehead atoms. The maximum Gasteiger partial charge on any atom is 0.179 e. The molecular weight excluding hydrogens is 374 g/mol. The molecule has 3 rings (SSSR count). The van der Waals surface area contributed by atoms with Gasteiger partial charge in [0.15, 0.2) is 11.5 Å². The van der Waals surface area contributed by atoms with Crippen LogP contribution >= 0.6 is 11.6 Å². The lowest BCUT2D eigenvalue weighted by molar-refractivity contribution is 0.248. The van der Waals surface area contributed by atoms with Gasteiger partial charge in [-0.2, -0.15) is 5.26 Å². The summed E-state index contributed by atoms with van der Waals surface area (Å²) < 4.78 is 11.5. The normalized spacial score (nSPS) is 11.6. The largest absolute Gasteiger partial charge is 0.490 e. The smallest absolute Gasteiger partial charge is 0.179 e. The van der Waals surface area contributed by atoms with Gasteiger partial charge in [0.2, 0.25) is 0 Å². The van der Waals surface area contributed by atoms with Crippen LogP contribution in [0.15, 0.2) is 36.4 Å². The van der Waals surface area contributed by atoms with Gasteiger partial charge >= 0.3 is 0 Å². The van der Waals surface area contributed by atoms with E-state index in [1.165, 1.54) is 0 Å². The maximum atomic E-state index is 9.64. The second-order valence-electron chi connectivity index (χ2n) is 6.74. The standard InChI is InChI=1S/C22H22ClN3O2/c1-4-27-20-11-15(10-17(23)21(20)28-13-14(2)3)9-16(12-24)22-25-18-7-5-6-8-19(18)26-22/h5-11,14H,4,13H2,1-3H3,(H,25,26)/b16-9-. The van der Waals surface area contributed by atoms with E-state index in [-0.39, 0.29) is 0 Å². The highest BCUT2D eigenvalue weighted by molar-refractivity contribution is 6.32. The Labute approximate surface area is 169 Å². The molecule has 0 radical (unpaired) electrons. The Morgan fingerprint density at radius 1 is 1.29 bits per heavy atom. The Morgan fingerprint density at radius 3 is 2.75 bits per heavy atom. The summed E-state index contributed by atoms with van der Waals surface area (Å²) in [5.74, 6) is 1.96. The van der Waals surface area contributed by atoms with E-state index in [4.69, 9.17) is 21.1 Å². The zero-order valence-electron chi connectivity index (χ0n) is 16.1. The van der Waals surface area contributed by atoms with E-state index in [2.05, 4.69) is 29.9 Å². The fourth-order valence-corrected chi connectivity index (χ4v) is 3.00. The molecule has 0 amide bonds. The lowest BCUT2D eigenvalue weighted by Crippen LogP contribution is -2.07. The quantitative estimate of drug-likeness (QED) is 0.520. The number of H-pyrrole nitrogens is 1. The van der Waals surface area contributed by atoms with Gasteiger partial charge in [-0.3, -0.25) is 0 Å². The predicted molar refractivity (Wildman–Crippen MR) is 113 cm³/mol. The highest BCUT2D eigenvalue weighted by Gasteiger charge is 2.14. The Morgan fingerprint density at radius 2 is 2.07 bits per heavy atom. The fourth-order valence-electron chi connectivity index (χ4n) is 2.72. The van der Waals surface area contributed by atoms with Gasteiger partial charge in [0, 0.05) is 0 Å². The van der Waals surface area contributed by atoms with Crippen LogP contribution in [0.1, 0.15) is 32.2 Å². The van der Waals surface area contributed by atoms with Crippen molar-refractivity contribution in [1.82, 2.24) is 9.97 Å². The first kappa shape index (κ1) is 19.8. The van der Waals surface area contributed by atoms with Crippen LogP contribution in [0.25, 0.3) is 22.7 Å². The Bertz CT molecular complexity index is 1010. The number of nitrogens with one attached hydrogen (secondary N) is 1. The highest BCUT2D eigenvalue weighted by Crippen LogP contribution is 2.38. The molecule has 1 aromatic heterocycles. The Hall–Kier alpha value is -2.97. The number of hydrogen-bond acceptors (Lipinski definition) is 4. The lowest BCUT2D eigenvalue weighted by atomic mass is 10.1. The monoisotopic (exact) mass is 395 g/mol. The third-order valence-corrected chi connectivity index (χ3v) is 4.25. The van der Waals surface area contributed by atoms with Crippen LogP contribution in [-0.4, -0.2) is 23.2 Å². The first-order chi connectivity index (χ1) is 13.5. The number of imidazole rings is 1. The van der Waals surface area contributed by atoms with Crippen LogP contribution < -0.4 is 9.47 Å². The maximum absolute atomic E-state index is 9.64. The molecule has 6 heteroatoms. The molecule has 28 heavy (non-hydrogen) atoms. The third-order valence-electron chi connectivity index (χ3n) is 3.97. The molecular formula is C22H22ClN3O2. The van der Waals surface area contributed by atoms with Gasteiger partial charge in [0.25, 0.3) is 0 Å². The summed E-state index contributed by atoms with van der Waals surface area (Å²) in [6.07, 6.45) is 1.73. The third kappa shape index (κ3) is 4.47. The SMILES string of the molecule is CCOc1cc(/C=C(/C#N)c2nc3ccccc3[nH]2)cc(Cl)c1OCC(C)C. The van der Waals surface area contributed by atoms with E-state index < -0.39 is 0 Å². The molecule has 0 saturated heterocycles. The predicted octanol–water partition coefficient (Wildman–Crippen LogP) is 5.71. The van der Waals surface area contributed by atoms with Gasteiger partial charge in [0.05, 0.1) is 34.8 Å². The number of benzene rings is 2. The van der Waals surface area contributed by atoms with Gasteiger partial charge in [-0.15, -0.1) is 0 Å². The van der Waals surface area contributed by atoms with Crippen LogP contribution in [0.3, 0.4) is 0 Å². The number of rotatable bonds is 7. The summed E-state index contributed by atoms with van der Waals surface area (Å²) in [7, 11) is 0. The lowest BCUT2D eigenvalue weighted by Gasteiger charge is -2.15. The van der Waals surface area contributed by atoms with Crippen molar-refractivity contribution < 1.29 is 9.47 Å². The van der Waals surface area contributed by atoms with E-state index in [0.717, 1.165) is 16.6 Å². The Balaban J connectivity index is 2.00. The molecule has 0 aliphatic carbocycles. The highest BCUT2D eigenvalue weighted by atomic mass is 35.5. The number of aromatic nitrogens is 2. The minimum atomic E-state index is 0.364. The Kier molecular flexibility index (Phi) is 6.23. The minimum Gasteiger partial charge on any atom is -0.490 e. The van der Waals surface area contributed by atoms with Crippen LogP contribution in [0.2, 0.25) is 5.02 Å². The first-order valence-corrected chi connectivity index (χ1v) is 9.55. The van der Waals surface area contributed by atoms with E-state index in [1.807, 2.05) is 37.3 Å². The summed E-state index contributed by atoms with van der Waals surface area (Å²) in [5.41, 5.74) is 2.83.